The summed E-state index contributed by atoms with van der Waals surface area (Å²) in [5.74, 6) is 1.58. The lowest BCUT2D eigenvalue weighted by Crippen LogP contribution is -2.41. The quantitative estimate of drug-likeness (QED) is 0.786. The molecule has 0 spiro atoms. The van der Waals surface area contributed by atoms with Gasteiger partial charge in [0.05, 0.1) is 0 Å². The number of halogens is 1. The van der Waals surface area contributed by atoms with Crippen LogP contribution in [0.3, 0.4) is 0 Å². The zero-order chi connectivity index (χ0) is 11.4. The number of amides is 1. The zero-order valence-electron chi connectivity index (χ0n) is 9.92. The summed E-state index contributed by atoms with van der Waals surface area (Å²) in [6, 6.07) is 0.268. The van der Waals surface area contributed by atoms with Crippen molar-refractivity contribution in [2.45, 2.75) is 46.1 Å². The second-order valence-electron chi connectivity index (χ2n) is 4.94. The molecule has 0 heterocycles. The Balaban J connectivity index is 2.41. The Kier molecular flexibility index (Phi) is 5.10. The van der Waals surface area contributed by atoms with Gasteiger partial charge in [0.25, 0.3) is 0 Å². The van der Waals surface area contributed by atoms with E-state index in [0.717, 1.165) is 11.8 Å². The molecule has 0 bridgehead atoms. The lowest BCUT2D eigenvalue weighted by atomic mass is 9.96. The molecule has 0 saturated heterocycles. The van der Waals surface area contributed by atoms with Crippen LogP contribution >= 0.6 is 15.9 Å². The fourth-order valence-electron chi connectivity index (χ4n) is 2.14. The molecule has 1 aliphatic rings. The summed E-state index contributed by atoms with van der Waals surface area (Å²) >= 11 is 3.45. The highest BCUT2D eigenvalue weighted by Gasteiger charge is 2.30. The number of rotatable bonds is 4. The van der Waals surface area contributed by atoms with E-state index < -0.39 is 0 Å². The van der Waals surface area contributed by atoms with Crippen LogP contribution in [0.1, 0.15) is 40.0 Å². The molecule has 0 aliphatic heterocycles. The maximum absolute atomic E-state index is 12.0. The van der Waals surface area contributed by atoms with Crippen molar-refractivity contribution in [2.24, 2.45) is 17.8 Å². The molecule has 2 nitrogen and oxygen atoms in total. The summed E-state index contributed by atoms with van der Waals surface area (Å²) in [4.78, 5) is 12.0. The van der Waals surface area contributed by atoms with Crippen LogP contribution in [0.15, 0.2) is 0 Å². The lowest BCUT2D eigenvalue weighted by molar-refractivity contribution is -0.126. The van der Waals surface area contributed by atoms with Crippen LogP contribution in [0.4, 0.5) is 0 Å². The predicted molar refractivity (Wildman–Crippen MR) is 67.1 cm³/mol. The van der Waals surface area contributed by atoms with Gasteiger partial charge in [0, 0.05) is 17.3 Å². The van der Waals surface area contributed by atoms with Gasteiger partial charge >= 0.3 is 0 Å². The molecule has 88 valence electrons. The molecule has 3 heteroatoms. The molecule has 1 aliphatic carbocycles. The molecular weight excluding hydrogens is 254 g/mol. The van der Waals surface area contributed by atoms with Gasteiger partial charge in [-0.05, 0) is 31.6 Å². The van der Waals surface area contributed by atoms with E-state index in [1.165, 1.54) is 12.8 Å². The van der Waals surface area contributed by atoms with Crippen molar-refractivity contribution in [1.29, 1.82) is 0 Å². The summed E-state index contributed by atoms with van der Waals surface area (Å²) in [5, 5.41) is 4.07. The number of carbonyl (C=O) groups excluding carboxylic acids is 1. The summed E-state index contributed by atoms with van der Waals surface area (Å²) in [7, 11) is 0. The standard InChI is InChI=1S/C12H22BrNO/c1-8-5-4-6-11(8)12(15)14-10(3)9(2)7-13/h8-11H,4-7H2,1-3H3,(H,14,15). The van der Waals surface area contributed by atoms with E-state index in [0.29, 0.717) is 11.8 Å². The SMILES string of the molecule is CC(CBr)C(C)NC(=O)C1CCCC1C. The first-order valence-corrected chi connectivity index (χ1v) is 7.04. The maximum atomic E-state index is 12.0. The van der Waals surface area contributed by atoms with Crippen molar-refractivity contribution in [1.82, 2.24) is 5.32 Å². The van der Waals surface area contributed by atoms with Crippen LogP contribution in [-0.4, -0.2) is 17.3 Å². The monoisotopic (exact) mass is 275 g/mol. The van der Waals surface area contributed by atoms with Gasteiger partial charge in [0.15, 0.2) is 0 Å². The minimum absolute atomic E-state index is 0.259. The molecule has 1 fully saturated rings. The maximum Gasteiger partial charge on any atom is 0.223 e. The van der Waals surface area contributed by atoms with Crippen molar-refractivity contribution < 1.29 is 4.79 Å². The summed E-state index contributed by atoms with van der Waals surface area (Å²) in [6.45, 7) is 6.43. The highest BCUT2D eigenvalue weighted by molar-refractivity contribution is 9.09. The first-order chi connectivity index (χ1) is 7.06. The van der Waals surface area contributed by atoms with Crippen LogP contribution in [0, 0.1) is 17.8 Å². The van der Waals surface area contributed by atoms with E-state index in [2.05, 4.69) is 42.0 Å². The molecule has 1 amide bonds. The molecule has 0 aromatic carbocycles. The lowest BCUT2D eigenvalue weighted by Gasteiger charge is -2.23. The molecule has 0 aromatic heterocycles. The van der Waals surface area contributed by atoms with Crippen LogP contribution in [0.25, 0.3) is 0 Å². The van der Waals surface area contributed by atoms with E-state index in [4.69, 9.17) is 0 Å². The third-order valence-corrected chi connectivity index (χ3v) is 4.69. The molecular formula is C12H22BrNO. The second kappa shape index (κ2) is 5.88. The van der Waals surface area contributed by atoms with E-state index >= 15 is 0 Å². The Morgan fingerprint density at radius 3 is 2.60 bits per heavy atom. The Morgan fingerprint density at radius 2 is 2.13 bits per heavy atom. The molecule has 1 rings (SSSR count). The Bertz CT molecular complexity index is 220. The summed E-state index contributed by atoms with van der Waals surface area (Å²) < 4.78 is 0. The average molecular weight is 276 g/mol. The Labute approximate surface area is 101 Å². The van der Waals surface area contributed by atoms with Crippen LogP contribution in [0.5, 0.6) is 0 Å². The van der Waals surface area contributed by atoms with Gasteiger partial charge in [-0.1, -0.05) is 36.2 Å². The van der Waals surface area contributed by atoms with Crippen LogP contribution in [0.2, 0.25) is 0 Å². The number of carbonyl (C=O) groups is 1. The van der Waals surface area contributed by atoms with Gasteiger partial charge in [-0.15, -0.1) is 0 Å². The predicted octanol–water partition coefficient (Wildman–Crippen LogP) is 2.96. The molecule has 4 unspecified atom stereocenters. The minimum Gasteiger partial charge on any atom is -0.353 e. The largest absolute Gasteiger partial charge is 0.353 e. The van der Waals surface area contributed by atoms with Crippen molar-refractivity contribution in [3.8, 4) is 0 Å². The van der Waals surface area contributed by atoms with Gasteiger partial charge < -0.3 is 5.32 Å². The van der Waals surface area contributed by atoms with E-state index in [1.807, 2.05) is 0 Å². The van der Waals surface area contributed by atoms with Gasteiger partial charge in [-0.2, -0.15) is 0 Å². The summed E-state index contributed by atoms with van der Waals surface area (Å²) in [5.41, 5.74) is 0. The summed E-state index contributed by atoms with van der Waals surface area (Å²) in [6.07, 6.45) is 3.49. The third-order valence-electron chi connectivity index (χ3n) is 3.67. The molecule has 15 heavy (non-hydrogen) atoms. The fourth-order valence-corrected chi connectivity index (χ4v) is 2.70. The van der Waals surface area contributed by atoms with Crippen molar-refractivity contribution in [3.05, 3.63) is 0 Å². The average Bonchev–Trinajstić information content (AvgIpc) is 2.63. The van der Waals surface area contributed by atoms with Crippen LogP contribution in [-0.2, 0) is 4.79 Å². The van der Waals surface area contributed by atoms with Crippen molar-refractivity contribution in [3.63, 3.8) is 0 Å². The number of hydrogen-bond acceptors (Lipinski definition) is 1. The molecule has 0 radical (unpaired) electrons. The van der Waals surface area contributed by atoms with Gasteiger partial charge in [0.2, 0.25) is 5.91 Å². The van der Waals surface area contributed by atoms with Crippen molar-refractivity contribution in [2.75, 3.05) is 5.33 Å². The number of nitrogens with one attached hydrogen (secondary N) is 1. The van der Waals surface area contributed by atoms with Gasteiger partial charge in [-0.25, -0.2) is 0 Å². The molecule has 0 aromatic rings. The third kappa shape index (κ3) is 3.47. The van der Waals surface area contributed by atoms with Crippen LogP contribution < -0.4 is 5.32 Å². The number of hydrogen-bond donors (Lipinski definition) is 1. The first-order valence-electron chi connectivity index (χ1n) is 5.92. The van der Waals surface area contributed by atoms with Gasteiger partial charge in [-0.3, -0.25) is 4.79 Å². The zero-order valence-corrected chi connectivity index (χ0v) is 11.5. The van der Waals surface area contributed by atoms with E-state index in [9.17, 15) is 4.79 Å². The topological polar surface area (TPSA) is 29.1 Å². The van der Waals surface area contributed by atoms with Crippen molar-refractivity contribution >= 4 is 21.8 Å². The first kappa shape index (κ1) is 13.0. The second-order valence-corrected chi connectivity index (χ2v) is 5.59. The highest BCUT2D eigenvalue weighted by Crippen LogP contribution is 2.31. The van der Waals surface area contributed by atoms with E-state index in [-0.39, 0.29) is 17.9 Å². The minimum atomic E-state index is 0.259. The Hall–Kier alpha value is -0.0500. The fraction of sp³-hybridized carbons (Fsp3) is 0.917. The van der Waals surface area contributed by atoms with Gasteiger partial charge in [0.1, 0.15) is 0 Å². The molecule has 1 N–H and O–H groups in total. The van der Waals surface area contributed by atoms with E-state index in [1.54, 1.807) is 0 Å². The number of alkyl halides is 1. The normalized spacial score (nSPS) is 29.9. The molecule has 4 atom stereocenters. The molecule has 1 saturated carbocycles. The smallest absolute Gasteiger partial charge is 0.223 e. The highest BCUT2D eigenvalue weighted by atomic mass is 79.9. The Morgan fingerprint density at radius 1 is 1.47 bits per heavy atom.